The molecule has 4 aromatic carbocycles. The first-order valence-electron chi connectivity index (χ1n) is 22.0. The van der Waals surface area contributed by atoms with E-state index in [0.717, 1.165) is 16.7 Å². The summed E-state index contributed by atoms with van der Waals surface area (Å²) in [5, 5.41) is 2.91. The molecule has 0 spiro atoms. The molecule has 0 saturated carbocycles. The highest BCUT2D eigenvalue weighted by Gasteiger charge is 2.52. The molecule has 1 amide bonds. The first kappa shape index (κ1) is 48.5. The van der Waals surface area contributed by atoms with Crippen LogP contribution in [0.25, 0.3) is 11.2 Å². The molecule has 17 heteroatoms. The van der Waals surface area contributed by atoms with Crippen LogP contribution in [0.2, 0.25) is 0 Å². The van der Waals surface area contributed by atoms with E-state index in [4.69, 9.17) is 48.2 Å². The molecule has 5 atom stereocenters. The number of anilines is 1. The number of methoxy groups -OCH3 is 3. The number of ether oxygens (including phenoxy) is 6. The maximum absolute atomic E-state index is 13.3. The molecule has 0 radical (unpaired) electrons. The number of carbonyl (C=O) groups excluding carboxylic acids is 1. The standard InChI is InChI=1S/C49H60N7O9P/c1-33(2)56(34(3)4)66(63-27-26-50)65-43-41(30-62-49(36-16-12-9-13-17-36,37-18-22-39(59-6)23-19-37)38-20-24-40(60-7)25-21-38)64-48(44(43)61-29-28-58-5)55-32-53-42-45(51-31-52-46(42)55)54-47(57)35-14-10-8-11-15-35/h8-25,31-34,41,43-44,48H,26-30,50H2,1-7H3,(H,51,52,54,57). The molecule has 5 unspecified atom stereocenters. The van der Waals surface area contributed by atoms with Gasteiger partial charge in [-0.1, -0.05) is 72.8 Å². The second-order valence-corrected chi connectivity index (χ2v) is 17.5. The molecule has 3 heterocycles. The summed E-state index contributed by atoms with van der Waals surface area (Å²) in [6, 6.07) is 34.8. The van der Waals surface area contributed by atoms with Gasteiger partial charge in [-0.3, -0.25) is 9.36 Å². The lowest BCUT2D eigenvalue weighted by Gasteiger charge is -2.39. The zero-order chi connectivity index (χ0) is 46.6. The first-order chi connectivity index (χ1) is 32.1. The summed E-state index contributed by atoms with van der Waals surface area (Å²) in [7, 11) is 3.16. The van der Waals surface area contributed by atoms with Crippen molar-refractivity contribution in [2.75, 3.05) is 59.6 Å². The normalized spacial score (nSPS) is 18.0. The van der Waals surface area contributed by atoms with Crippen molar-refractivity contribution in [3.05, 3.63) is 144 Å². The van der Waals surface area contributed by atoms with Crippen LogP contribution in [0.15, 0.2) is 122 Å². The van der Waals surface area contributed by atoms with E-state index in [-0.39, 0.29) is 43.6 Å². The molecule has 350 valence electrons. The molecule has 16 nitrogen and oxygen atoms in total. The first-order valence-corrected chi connectivity index (χ1v) is 23.1. The van der Waals surface area contributed by atoms with E-state index in [2.05, 4.69) is 47.7 Å². The van der Waals surface area contributed by atoms with Gasteiger partial charge in [0.2, 0.25) is 0 Å². The molecule has 0 bridgehead atoms. The molecule has 2 aromatic heterocycles. The van der Waals surface area contributed by atoms with Gasteiger partial charge in [-0.25, -0.2) is 19.6 Å². The molecule has 1 fully saturated rings. The van der Waals surface area contributed by atoms with Crippen molar-refractivity contribution >= 4 is 31.4 Å². The van der Waals surface area contributed by atoms with Crippen molar-refractivity contribution in [2.24, 2.45) is 5.73 Å². The highest BCUT2D eigenvalue weighted by Crippen LogP contribution is 2.51. The Hall–Kier alpha value is -5.39. The van der Waals surface area contributed by atoms with Crippen LogP contribution in [-0.4, -0.2) is 115 Å². The number of aromatic nitrogens is 4. The number of imidazole rings is 1. The number of hydrogen-bond acceptors (Lipinski definition) is 14. The Morgan fingerprint density at radius 2 is 1.39 bits per heavy atom. The smallest absolute Gasteiger partial charge is 0.259 e. The number of carbonyl (C=O) groups is 1. The average Bonchev–Trinajstić information content (AvgIpc) is 3.93. The SMILES string of the molecule is COCCOC1C(OP(OCCN)N(C(C)C)C(C)C)C(COC(c2ccccc2)(c2ccc(OC)cc2)c2ccc(OC)cc2)OC1n1cnc2c(NC(=O)c3ccccc3)ncnc21. The number of rotatable bonds is 23. The highest BCUT2D eigenvalue weighted by molar-refractivity contribution is 7.44. The minimum atomic E-state index is -1.74. The Labute approximate surface area is 387 Å². The van der Waals surface area contributed by atoms with Crippen molar-refractivity contribution in [1.82, 2.24) is 24.2 Å². The fourth-order valence-electron chi connectivity index (χ4n) is 8.18. The zero-order valence-corrected chi connectivity index (χ0v) is 39.4. The average molecular weight is 922 g/mol. The third kappa shape index (κ3) is 10.7. The molecule has 1 aliphatic heterocycles. The van der Waals surface area contributed by atoms with E-state index < -0.39 is 38.7 Å². The highest BCUT2D eigenvalue weighted by atomic mass is 31.2. The molecule has 0 aliphatic carbocycles. The van der Waals surface area contributed by atoms with Crippen LogP contribution in [0, 0.1) is 0 Å². The monoisotopic (exact) mass is 921 g/mol. The maximum atomic E-state index is 13.3. The maximum Gasteiger partial charge on any atom is 0.259 e. The van der Waals surface area contributed by atoms with Gasteiger partial charge in [0.25, 0.3) is 14.4 Å². The third-order valence-electron chi connectivity index (χ3n) is 11.2. The predicted molar refractivity (Wildman–Crippen MR) is 252 cm³/mol. The van der Waals surface area contributed by atoms with Crippen molar-refractivity contribution < 1.29 is 42.3 Å². The number of nitrogens with two attached hydrogens (primary N) is 1. The third-order valence-corrected chi connectivity index (χ3v) is 13.3. The molecule has 6 aromatic rings. The minimum absolute atomic E-state index is 0.00166. The van der Waals surface area contributed by atoms with Gasteiger partial charge in [0.15, 0.2) is 23.2 Å². The van der Waals surface area contributed by atoms with Crippen molar-refractivity contribution in [2.45, 2.75) is 69.9 Å². The second-order valence-electron chi connectivity index (χ2n) is 16.1. The second kappa shape index (κ2) is 22.9. The van der Waals surface area contributed by atoms with Gasteiger partial charge in [-0.05, 0) is 80.8 Å². The van der Waals surface area contributed by atoms with Crippen molar-refractivity contribution in [1.29, 1.82) is 0 Å². The summed E-state index contributed by atoms with van der Waals surface area (Å²) in [6.07, 6.45) is -0.251. The topological polar surface area (TPSA) is 176 Å². The largest absolute Gasteiger partial charge is 0.497 e. The van der Waals surface area contributed by atoms with Gasteiger partial charge in [-0.2, -0.15) is 0 Å². The fourth-order valence-corrected chi connectivity index (χ4v) is 9.96. The van der Waals surface area contributed by atoms with E-state index in [1.54, 1.807) is 56.5 Å². The number of benzene rings is 4. The van der Waals surface area contributed by atoms with E-state index in [9.17, 15) is 4.79 Å². The number of hydrogen-bond donors (Lipinski definition) is 2. The number of nitrogens with zero attached hydrogens (tertiary/aromatic N) is 5. The summed E-state index contributed by atoms with van der Waals surface area (Å²) in [6.45, 7) is 9.49. The Kier molecular flexibility index (Phi) is 16.8. The molecule has 66 heavy (non-hydrogen) atoms. The van der Waals surface area contributed by atoms with Crippen LogP contribution < -0.4 is 20.5 Å². The Bertz CT molecular complexity index is 2370. The zero-order valence-electron chi connectivity index (χ0n) is 38.5. The quantitative estimate of drug-likeness (QED) is 0.0363. The lowest BCUT2D eigenvalue weighted by Crippen LogP contribution is -2.43. The van der Waals surface area contributed by atoms with E-state index in [1.165, 1.54) is 6.33 Å². The summed E-state index contributed by atoms with van der Waals surface area (Å²) in [5.41, 5.74) is 8.68. The van der Waals surface area contributed by atoms with Crippen LogP contribution in [0.1, 0.15) is 61.0 Å². The Morgan fingerprint density at radius 3 is 1.97 bits per heavy atom. The van der Waals surface area contributed by atoms with Gasteiger partial charge in [0.1, 0.15) is 41.7 Å². The van der Waals surface area contributed by atoms with Crippen LogP contribution in [0.5, 0.6) is 11.5 Å². The predicted octanol–water partition coefficient (Wildman–Crippen LogP) is 7.74. The van der Waals surface area contributed by atoms with Crippen LogP contribution in [-0.2, 0) is 33.6 Å². The van der Waals surface area contributed by atoms with Gasteiger partial charge in [-0.15, -0.1) is 0 Å². The molecular weight excluding hydrogens is 862 g/mol. The number of nitrogens with one attached hydrogen (secondary N) is 1. The summed E-state index contributed by atoms with van der Waals surface area (Å²) >= 11 is 0. The van der Waals surface area contributed by atoms with Crippen molar-refractivity contribution in [3.8, 4) is 11.5 Å². The van der Waals surface area contributed by atoms with Crippen LogP contribution >= 0.6 is 8.53 Å². The fraction of sp³-hybridized carbons (Fsp3) is 0.388. The lowest BCUT2D eigenvalue weighted by molar-refractivity contribution is -0.0966. The number of fused-ring (bicyclic) bond motifs is 1. The molecule has 7 rings (SSSR count). The van der Waals surface area contributed by atoms with Crippen molar-refractivity contribution in [3.63, 3.8) is 0 Å². The summed E-state index contributed by atoms with van der Waals surface area (Å²) in [4.78, 5) is 27.1. The van der Waals surface area contributed by atoms with E-state index >= 15 is 0 Å². The molecule has 1 aliphatic rings. The van der Waals surface area contributed by atoms with Gasteiger partial charge in [0.05, 0.1) is 47.0 Å². The molecule has 1 saturated heterocycles. The minimum Gasteiger partial charge on any atom is -0.497 e. The molecule has 3 N–H and O–H groups in total. The summed E-state index contributed by atoms with van der Waals surface area (Å²) in [5.74, 6) is 1.30. The van der Waals surface area contributed by atoms with Gasteiger partial charge in [0, 0.05) is 31.3 Å². The van der Waals surface area contributed by atoms with E-state index in [1.807, 2.05) is 84.9 Å². The molecular formula is C49H60N7O9P. The van der Waals surface area contributed by atoms with Crippen LogP contribution in [0.3, 0.4) is 0 Å². The van der Waals surface area contributed by atoms with Crippen LogP contribution in [0.4, 0.5) is 5.82 Å². The Morgan fingerprint density at radius 1 is 0.788 bits per heavy atom. The Balaban J connectivity index is 1.35. The van der Waals surface area contributed by atoms with E-state index in [0.29, 0.717) is 41.4 Å². The lowest BCUT2D eigenvalue weighted by atomic mass is 9.80. The van der Waals surface area contributed by atoms with Gasteiger partial charge >= 0.3 is 0 Å². The van der Waals surface area contributed by atoms with Gasteiger partial charge < -0.3 is 48.5 Å². The number of amides is 1. The summed E-state index contributed by atoms with van der Waals surface area (Å²) < 4.78 is 55.8.